The second kappa shape index (κ2) is 9.33. The molecule has 0 bridgehead atoms. The number of aromatic amines is 1. The Bertz CT molecular complexity index is 1050. The summed E-state index contributed by atoms with van der Waals surface area (Å²) < 4.78 is 5.62. The normalized spacial score (nSPS) is 11.0. The highest BCUT2D eigenvalue weighted by atomic mass is 32.2. The Labute approximate surface area is 171 Å². The SMILES string of the molecule is O=C(CSc1nnc(CCc2nc3ccccc3[nH]2)o1)NCCc1ccncc1. The topological polar surface area (TPSA) is 110 Å². The minimum atomic E-state index is -0.0638. The van der Waals surface area contributed by atoms with Crippen molar-refractivity contribution in [3.05, 3.63) is 66.1 Å². The summed E-state index contributed by atoms with van der Waals surface area (Å²) in [5.41, 5.74) is 3.09. The van der Waals surface area contributed by atoms with Crippen LogP contribution in [0.3, 0.4) is 0 Å². The van der Waals surface area contributed by atoms with Crippen LogP contribution in [0.25, 0.3) is 11.0 Å². The first-order chi connectivity index (χ1) is 14.3. The van der Waals surface area contributed by atoms with Crippen LogP contribution in [0.2, 0.25) is 0 Å². The second-order valence-electron chi connectivity index (χ2n) is 6.41. The minimum absolute atomic E-state index is 0.0638. The fraction of sp³-hybridized carbons (Fsp3) is 0.250. The molecule has 9 heteroatoms. The number of benzene rings is 1. The third-order valence-corrected chi connectivity index (χ3v) is 5.09. The third-order valence-electron chi connectivity index (χ3n) is 4.27. The Morgan fingerprint density at radius 2 is 1.93 bits per heavy atom. The molecule has 0 saturated carbocycles. The summed E-state index contributed by atoms with van der Waals surface area (Å²) in [5, 5.41) is 11.3. The molecule has 0 aliphatic carbocycles. The number of amides is 1. The highest BCUT2D eigenvalue weighted by molar-refractivity contribution is 7.99. The molecule has 8 nitrogen and oxygen atoms in total. The number of pyridine rings is 1. The van der Waals surface area contributed by atoms with Gasteiger partial charge in [0.1, 0.15) is 5.82 Å². The van der Waals surface area contributed by atoms with Gasteiger partial charge in [-0.25, -0.2) is 4.98 Å². The van der Waals surface area contributed by atoms with Crippen molar-refractivity contribution in [3.63, 3.8) is 0 Å². The number of para-hydroxylation sites is 2. The van der Waals surface area contributed by atoms with Crippen molar-refractivity contribution in [1.29, 1.82) is 0 Å². The molecule has 148 valence electrons. The number of thioether (sulfide) groups is 1. The van der Waals surface area contributed by atoms with Crippen molar-refractivity contribution in [2.45, 2.75) is 24.5 Å². The van der Waals surface area contributed by atoms with E-state index in [-0.39, 0.29) is 11.7 Å². The Hall–Kier alpha value is -3.20. The molecule has 4 rings (SSSR count). The molecule has 0 atom stereocenters. The number of H-pyrrole nitrogens is 1. The standard InChI is InChI=1S/C20H20N6O2S/c27-18(22-12-9-14-7-10-21-11-8-14)13-29-20-26-25-19(28-20)6-5-17-23-15-3-1-2-4-16(15)24-17/h1-4,7-8,10-11H,5-6,9,12-13H2,(H,22,27)(H,23,24). The monoisotopic (exact) mass is 408 g/mol. The summed E-state index contributed by atoms with van der Waals surface area (Å²) >= 11 is 1.24. The van der Waals surface area contributed by atoms with E-state index in [1.807, 2.05) is 36.4 Å². The van der Waals surface area contributed by atoms with Crippen LogP contribution in [0.4, 0.5) is 0 Å². The number of aryl methyl sites for hydroxylation is 2. The van der Waals surface area contributed by atoms with Crippen molar-refractivity contribution >= 4 is 28.7 Å². The predicted octanol–water partition coefficient (Wildman–Crippen LogP) is 2.58. The van der Waals surface area contributed by atoms with Crippen LogP contribution in [-0.4, -0.2) is 43.4 Å². The highest BCUT2D eigenvalue weighted by Crippen LogP contribution is 2.17. The lowest BCUT2D eigenvalue weighted by atomic mass is 10.2. The van der Waals surface area contributed by atoms with Gasteiger partial charge in [-0.15, -0.1) is 10.2 Å². The molecular formula is C20H20N6O2S. The van der Waals surface area contributed by atoms with Gasteiger partial charge in [0.25, 0.3) is 5.22 Å². The molecule has 1 aromatic carbocycles. The molecule has 0 fully saturated rings. The van der Waals surface area contributed by atoms with Gasteiger partial charge in [-0.05, 0) is 36.2 Å². The Kier molecular flexibility index (Phi) is 6.16. The maximum Gasteiger partial charge on any atom is 0.277 e. The summed E-state index contributed by atoms with van der Waals surface area (Å²) in [6, 6.07) is 11.8. The lowest BCUT2D eigenvalue weighted by Gasteiger charge is -2.03. The number of hydrogen-bond acceptors (Lipinski definition) is 7. The smallest absolute Gasteiger partial charge is 0.277 e. The molecule has 1 amide bonds. The zero-order valence-electron chi connectivity index (χ0n) is 15.7. The van der Waals surface area contributed by atoms with Gasteiger partial charge < -0.3 is 14.7 Å². The Balaban J connectivity index is 1.19. The first-order valence-corrected chi connectivity index (χ1v) is 10.3. The van der Waals surface area contributed by atoms with Crippen LogP contribution >= 0.6 is 11.8 Å². The summed E-state index contributed by atoms with van der Waals surface area (Å²) in [5.74, 6) is 1.59. The zero-order chi connectivity index (χ0) is 19.9. The first kappa shape index (κ1) is 19.1. The molecule has 0 radical (unpaired) electrons. The first-order valence-electron chi connectivity index (χ1n) is 9.31. The van der Waals surface area contributed by atoms with Crippen LogP contribution in [0.5, 0.6) is 0 Å². The molecule has 0 spiro atoms. The molecule has 0 aliphatic heterocycles. The maximum absolute atomic E-state index is 12.0. The average Bonchev–Trinajstić information content (AvgIpc) is 3.38. The van der Waals surface area contributed by atoms with E-state index in [1.54, 1.807) is 12.4 Å². The van der Waals surface area contributed by atoms with E-state index in [0.717, 1.165) is 28.8 Å². The molecule has 3 heterocycles. The van der Waals surface area contributed by atoms with Gasteiger partial charge in [0.2, 0.25) is 11.8 Å². The van der Waals surface area contributed by atoms with Gasteiger partial charge in [-0.1, -0.05) is 23.9 Å². The molecule has 29 heavy (non-hydrogen) atoms. The van der Waals surface area contributed by atoms with Crippen molar-refractivity contribution in [2.75, 3.05) is 12.3 Å². The molecule has 4 aromatic rings. The van der Waals surface area contributed by atoms with Crippen molar-refractivity contribution in [3.8, 4) is 0 Å². The number of rotatable bonds is 9. The number of nitrogens with one attached hydrogen (secondary N) is 2. The van der Waals surface area contributed by atoms with Gasteiger partial charge >= 0.3 is 0 Å². The van der Waals surface area contributed by atoms with Crippen molar-refractivity contribution < 1.29 is 9.21 Å². The van der Waals surface area contributed by atoms with E-state index < -0.39 is 0 Å². The van der Waals surface area contributed by atoms with Gasteiger partial charge in [0.15, 0.2) is 0 Å². The number of imidazole rings is 1. The summed E-state index contributed by atoms with van der Waals surface area (Å²) in [6.07, 6.45) is 5.52. The van der Waals surface area contributed by atoms with E-state index >= 15 is 0 Å². The number of carbonyl (C=O) groups excluding carboxylic acids is 1. The Morgan fingerprint density at radius 3 is 2.79 bits per heavy atom. The summed E-state index contributed by atoms with van der Waals surface area (Å²) in [6.45, 7) is 0.579. The van der Waals surface area contributed by atoms with E-state index in [0.29, 0.717) is 30.5 Å². The van der Waals surface area contributed by atoms with Gasteiger partial charge in [-0.3, -0.25) is 9.78 Å². The number of hydrogen-bond donors (Lipinski definition) is 2. The van der Waals surface area contributed by atoms with E-state index in [4.69, 9.17) is 4.42 Å². The lowest BCUT2D eigenvalue weighted by Crippen LogP contribution is -2.27. The van der Waals surface area contributed by atoms with Gasteiger partial charge in [0, 0.05) is 31.8 Å². The molecular weight excluding hydrogens is 388 g/mol. The molecule has 2 N–H and O–H groups in total. The van der Waals surface area contributed by atoms with Crippen molar-refractivity contribution in [2.24, 2.45) is 0 Å². The maximum atomic E-state index is 12.0. The largest absolute Gasteiger partial charge is 0.416 e. The molecule has 3 aromatic heterocycles. The van der Waals surface area contributed by atoms with Crippen LogP contribution in [0.15, 0.2) is 58.4 Å². The fourth-order valence-electron chi connectivity index (χ4n) is 2.82. The van der Waals surface area contributed by atoms with Gasteiger partial charge in [0.05, 0.1) is 16.8 Å². The van der Waals surface area contributed by atoms with E-state index in [2.05, 4.69) is 30.5 Å². The third kappa shape index (κ3) is 5.41. The molecule has 0 aliphatic rings. The number of aromatic nitrogens is 5. The van der Waals surface area contributed by atoms with E-state index in [1.165, 1.54) is 11.8 Å². The summed E-state index contributed by atoms with van der Waals surface area (Å²) in [7, 11) is 0. The van der Waals surface area contributed by atoms with Crippen LogP contribution in [0, 0.1) is 0 Å². The predicted molar refractivity (Wildman–Crippen MR) is 109 cm³/mol. The van der Waals surface area contributed by atoms with Crippen molar-refractivity contribution in [1.82, 2.24) is 30.5 Å². The zero-order valence-corrected chi connectivity index (χ0v) is 16.5. The van der Waals surface area contributed by atoms with Crippen LogP contribution in [-0.2, 0) is 24.1 Å². The number of nitrogens with zero attached hydrogens (tertiary/aromatic N) is 4. The van der Waals surface area contributed by atoms with Gasteiger partial charge in [-0.2, -0.15) is 0 Å². The minimum Gasteiger partial charge on any atom is -0.416 e. The fourth-order valence-corrected chi connectivity index (χ4v) is 3.43. The molecule has 0 saturated heterocycles. The average molecular weight is 408 g/mol. The van der Waals surface area contributed by atoms with Crippen LogP contribution in [0.1, 0.15) is 17.3 Å². The number of carbonyl (C=O) groups is 1. The Morgan fingerprint density at radius 1 is 1.07 bits per heavy atom. The van der Waals surface area contributed by atoms with Crippen LogP contribution < -0.4 is 5.32 Å². The molecule has 0 unspecified atom stereocenters. The van der Waals surface area contributed by atoms with E-state index in [9.17, 15) is 4.79 Å². The number of fused-ring (bicyclic) bond motifs is 1. The summed E-state index contributed by atoms with van der Waals surface area (Å²) in [4.78, 5) is 23.8. The highest BCUT2D eigenvalue weighted by Gasteiger charge is 2.11. The second-order valence-corrected chi connectivity index (χ2v) is 7.33. The quantitative estimate of drug-likeness (QED) is 0.410. The lowest BCUT2D eigenvalue weighted by molar-refractivity contribution is -0.118.